The van der Waals surface area contributed by atoms with E-state index in [4.69, 9.17) is 11.5 Å². The van der Waals surface area contributed by atoms with Crippen LogP contribution in [0.1, 0.15) is 10.4 Å². The fraction of sp³-hybridized carbons (Fsp3) is 0. The maximum Gasteiger partial charge on any atom is 1.00 e. The first-order chi connectivity index (χ1) is 26.0. The van der Waals surface area contributed by atoms with Crippen molar-refractivity contribution >= 4 is 82.5 Å². The summed E-state index contributed by atoms with van der Waals surface area (Å²) in [6.07, 6.45) is 0. The number of hydrogen-bond donors (Lipinski definition) is 4. The van der Waals surface area contributed by atoms with Crippen molar-refractivity contribution in [1.82, 2.24) is 0 Å². The van der Waals surface area contributed by atoms with Crippen LogP contribution in [0.5, 0.6) is 11.5 Å². The largest absolute Gasteiger partial charge is 1.00 e. The van der Waals surface area contributed by atoms with Gasteiger partial charge in [0.25, 0.3) is 0 Å². The third kappa shape index (κ3) is 11.3. The van der Waals surface area contributed by atoms with Crippen molar-refractivity contribution in [3.8, 4) is 22.6 Å². The van der Waals surface area contributed by atoms with Crippen molar-refractivity contribution in [2.24, 2.45) is 30.7 Å². The molecule has 6 aromatic carbocycles. The van der Waals surface area contributed by atoms with Gasteiger partial charge in [-0.25, -0.2) is 16.8 Å². The number of phenolic OH excluding ortho intramolecular Hbond substituents is 1. The monoisotopic (exact) mass is 848 g/mol. The average molecular weight is 849 g/mol. The summed E-state index contributed by atoms with van der Waals surface area (Å²) < 4.78 is 72.9. The number of nitrogens with two attached hydrogens (primary N) is 2. The van der Waals surface area contributed by atoms with Crippen LogP contribution in [0, 0.1) is 0 Å². The Labute approximate surface area is 396 Å². The molecular weight excluding hydrogens is 826 g/mol. The van der Waals surface area contributed by atoms with Crippen LogP contribution in [0.3, 0.4) is 0 Å². The minimum atomic E-state index is -5.38. The number of carbonyl (C=O) groups excluding carboxylic acids is 1. The fourth-order valence-electron chi connectivity index (χ4n) is 5.13. The van der Waals surface area contributed by atoms with Crippen LogP contribution in [0.4, 0.5) is 45.5 Å². The summed E-state index contributed by atoms with van der Waals surface area (Å²) in [5.41, 5.74) is 12.7. The van der Waals surface area contributed by atoms with Gasteiger partial charge < -0.3 is 40.7 Å². The van der Waals surface area contributed by atoms with Crippen LogP contribution < -0.4 is 105 Å². The summed E-state index contributed by atoms with van der Waals surface area (Å²) in [4.78, 5) is 9.21. The van der Waals surface area contributed by atoms with Gasteiger partial charge in [-0.05, 0) is 95.4 Å². The van der Waals surface area contributed by atoms with E-state index < -0.39 is 64.4 Å². The number of anilines is 2. The smallest absolute Gasteiger partial charge is 0.744 e. The molecule has 0 aliphatic heterocycles. The molecule has 18 nitrogen and oxygen atoms in total. The number of rotatable bonds is 10. The van der Waals surface area contributed by atoms with E-state index >= 15 is 0 Å². The van der Waals surface area contributed by atoms with Gasteiger partial charge in [-0.3, -0.25) is 0 Å². The number of carboxylic acid groups (broad SMARTS) is 1. The predicted octanol–water partition coefficient (Wildman–Crippen LogP) is -2.49. The Kier molecular flexibility index (Phi) is 16.4. The fourth-order valence-corrected chi connectivity index (χ4v) is 6.31. The standard InChI is InChI=1S/C35H26N8O10S2.3Na/c36-21-5-11-28(27(37)15-21)41-42-29-17-25(54(48,49)50)13-20-14-31(55(51,52)53)33(34(45)32(20)29)43-39-23-8-3-19(4-9-23)18-1-6-22(7-2-18)38-40-24-10-12-30(44)26(16-24)35(46)47;;;/h1-17,44-45H,36-37H2,(H,46,47)(H,48,49,50)(H,51,52,53);;;/q;3*+1/p-3. The Morgan fingerprint density at radius 3 is 1.66 bits per heavy atom. The number of carbonyl (C=O) groups is 1. The number of phenols is 2. The van der Waals surface area contributed by atoms with E-state index in [9.17, 15) is 46.1 Å². The minimum absolute atomic E-state index is 0. The maximum atomic E-state index is 12.3. The first-order valence-corrected chi connectivity index (χ1v) is 18.2. The first kappa shape index (κ1) is 48.2. The molecule has 0 heterocycles. The second kappa shape index (κ2) is 19.7. The number of nitrogen functional groups attached to an aromatic ring is 2. The number of nitrogens with zero attached hydrogens (tertiary/aromatic N) is 6. The Morgan fingerprint density at radius 1 is 0.586 bits per heavy atom. The SMILES string of the molecule is Nc1ccc(N=Nc2cc(S(=O)(=O)[O-])cc3cc(S(=O)(=O)[O-])c(N=Nc4ccc(-c5ccc(N=Nc6ccc(O)c(C(=O)[O-])c6)cc5)cc4)c(O)c23)c(N)c1.[Na+].[Na+].[Na+]. The molecule has 0 amide bonds. The molecule has 0 bridgehead atoms. The van der Waals surface area contributed by atoms with Crippen LogP contribution in [0.2, 0.25) is 0 Å². The molecule has 6 rings (SSSR count). The van der Waals surface area contributed by atoms with E-state index in [0.717, 1.165) is 35.9 Å². The second-order valence-electron chi connectivity index (χ2n) is 11.5. The molecule has 0 saturated carbocycles. The third-order valence-electron chi connectivity index (χ3n) is 7.79. The number of benzene rings is 6. The summed E-state index contributed by atoms with van der Waals surface area (Å²) >= 11 is 0. The molecular formula is C35H23N8Na3O10S2. The molecule has 0 spiro atoms. The molecule has 0 aliphatic rings. The van der Waals surface area contributed by atoms with E-state index in [0.29, 0.717) is 16.9 Å². The molecule has 0 aromatic heterocycles. The van der Waals surface area contributed by atoms with Gasteiger partial charge in [0.05, 0.1) is 49.6 Å². The summed E-state index contributed by atoms with van der Waals surface area (Å²) in [7, 11) is -10.5. The Bertz CT molecular complexity index is 2850. The minimum Gasteiger partial charge on any atom is -0.744 e. The van der Waals surface area contributed by atoms with Gasteiger partial charge in [-0.1, -0.05) is 24.3 Å². The normalized spacial score (nSPS) is 11.7. The van der Waals surface area contributed by atoms with Gasteiger partial charge in [0, 0.05) is 11.3 Å². The molecule has 23 heteroatoms. The summed E-state index contributed by atoms with van der Waals surface area (Å²) in [5.74, 6) is -2.95. The number of hydrogen-bond acceptors (Lipinski definition) is 18. The molecule has 6 aromatic rings. The number of fused-ring (bicyclic) bond motifs is 1. The van der Waals surface area contributed by atoms with Gasteiger partial charge in [-0.15, -0.1) is 15.3 Å². The second-order valence-corrected chi connectivity index (χ2v) is 14.2. The van der Waals surface area contributed by atoms with Crippen molar-refractivity contribution < 1.29 is 135 Å². The van der Waals surface area contributed by atoms with Gasteiger partial charge in [0.1, 0.15) is 37.4 Å². The van der Waals surface area contributed by atoms with Gasteiger partial charge >= 0.3 is 88.7 Å². The molecule has 0 aliphatic carbocycles. The summed E-state index contributed by atoms with van der Waals surface area (Å²) in [6.45, 7) is 0. The topological polar surface area (TPSA) is 321 Å². The maximum absolute atomic E-state index is 12.3. The Balaban J connectivity index is 0.00000300. The number of carboxylic acids is 1. The zero-order chi connectivity index (χ0) is 39.7. The Hall–Kier alpha value is -4.13. The van der Waals surface area contributed by atoms with Crippen molar-refractivity contribution in [1.29, 1.82) is 0 Å². The number of azo groups is 3. The van der Waals surface area contributed by atoms with Crippen LogP contribution in [-0.4, -0.2) is 42.1 Å². The van der Waals surface area contributed by atoms with E-state index in [1.165, 1.54) is 36.4 Å². The van der Waals surface area contributed by atoms with E-state index in [1.54, 1.807) is 36.4 Å². The van der Waals surface area contributed by atoms with Crippen LogP contribution in [0.15, 0.2) is 144 Å². The number of aromatic hydroxyl groups is 2. The van der Waals surface area contributed by atoms with Crippen molar-refractivity contribution in [2.45, 2.75) is 9.79 Å². The predicted molar refractivity (Wildman–Crippen MR) is 194 cm³/mol. The molecule has 0 saturated heterocycles. The zero-order valence-corrected chi connectivity index (χ0v) is 38.3. The molecule has 0 atom stereocenters. The van der Waals surface area contributed by atoms with Crippen LogP contribution in [0.25, 0.3) is 21.9 Å². The van der Waals surface area contributed by atoms with Crippen LogP contribution >= 0.6 is 0 Å². The molecule has 278 valence electrons. The van der Waals surface area contributed by atoms with Gasteiger partial charge in [0.2, 0.25) is 0 Å². The van der Waals surface area contributed by atoms with E-state index in [-0.39, 0.29) is 122 Å². The molecule has 0 fully saturated rings. The van der Waals surface area contributed by atoms with Crippen molar-refractivity contribution in [3.05, 3.63) is 109 Å². The van der Waals surface area contributed by atoms with Gasteiger partial charge in [0.15, 0.2) is 5.75 Å². The first-order valence-electron chi connectivity index (χ1n) is 15.4. The van der Waals surface area contributed by atoms with Crippen molar-refractivity contribution in [2.75, 3.05) is 11.5 Å². The molecule has 0 radical (unpaired) electrons. The quantitative estimate of drug-likeness (QED) is 0.0482. The average Bonchev–Trinajstić information content (AvgIpc) is 3.13. The Morgan fingerprint density at radius 2 is 1.12 bits per heavy atom. The summed E-state index contributed by atoms with van der Waals surface area (Å²) in [5, 5.41) is 55.2. The van der Waals surface area contributed by atoms with Crippen LogP contribution in [-0.2, 0) is 20.2 Å². The van der Waals surface area contributed by atoms with Crippen molar-refractivity contribution in [3.63, 3.8) is 0 Å². The zero-order valence-electron chi connectivity index (χ0n) is 30.6. The third-order valence-corrected chi connectivity index (χ3v) is 9.46. The summed E-state index contributed by atoms with van der Waals surface area (Å²) in [6, 6.07) is 23.3. The molecule has 6 N–H and O–H groups in total. The van der Waals surface area contributed by atoms with E-state index in [1.807, 2.05) is 0 Å². The molecule has 58 heavy (non-hydrogen) atoms. The van der Waals surface area contributed by atoms with E-state index in [2.05, 4.69) is 30.7 Å². The van der Waals surface area contributed by atoms with Gasteiger partial charge in [-0.2, -0.15) is 15.3 Å². The molecule has 0 unspecified atom stereocenters. The number of aromatic carboxylic acids is 1.